The van der Waals surface area contributed by atoms with Crippen LogP contribution in [0.2, 0.25) is 0 Å². The lowest BCUT2D eigenvalue weighted by molar-refractivity contribution is 1.20. The van der Waals surface area contributed by atoms with Gasteiger partial charge in [0.1, 0.15) is 0 Å². The summed E-state index contributed by atoms with van der Waals surface area (Å²) in [5.41, 5.74) is 3.87. The Morgan fingerprint density at radius 3 is 1.29 bits per heavy atom. The van der Waals surface area contributed by atoms with Crippen LogP contribution in [-0.2, 0) is 0 Å². The minimum atomic E-state index is 1.22. The predicted molar refractivity (Wildman–Crippen MR) is 133 cm³/mol. The molecule has 0 saturated heterocycles. The van der Waals surface area contributed by atoms with Crippen molar-refractivity contribution in [2.24, 2.45) is 0 Å². The Morgan fingerprint density at radius 2 is 0.806 bits per heavy atom. The molecule has 0 aliphatic rings. The van der Waals surface area contributed by atoms with E-state index in [4.69, 9.17) is 0 Å². The molecule has 1 heterocycles. The van der Waals surface area contributed by atoms with Crippen LogP contribution in [-0.4, -0.2) is 4.57 Å². The lowest BCUT2D eigenvalue weighted by Gasteiger charge is -2.08. The van der Waals surface area contributed by atoms with E-state index in [0.29, 0.717) is 0 Å². The summed E-state index contributed by atoms with van der Waals surface area (Å²) in [6, 6.07) is 37.7. The van der Waals surface area contributed by atoms with E-state index in [-0.39, 0.29) is 0 Å². The van der Waals surface area contributed by atoms with Crippen molar-refractivity contribution in [2.45, 2.75) is 0 Å². The van der Waals surface area contributed by atoms with E-state index in [9.17, 15) is 0 Å². The molecule has 0 radical (unpaired) electrons. The fourth-order valence-corrected chi connectivity index (χ4v) is 5.94. The first-order chi connectivity index (χ1) is 15.4. The third-order valence-electron chi connectivity index (χ3n) is 7.04. The second kappa shape index (κ2) is 5.33. The third-order valence-corrected chi connectivity index (χ3v) is 7.04. The predicted octanol–water partition coefficient (Wildman–Crippen LogP) is 8.27. The highest BCUT2D eigenvalue weighted by Crippen LogP contribution is 2.50. The van der Waals surface area contributed by atoms with Gasteiger partial charge in [-0.1, -0.05) is 91.0 Å². The molecule has 0 unspecified atom stereocenters. The Hall–Kier alpha value is -4.10. The molecular weight excluding hydrogens is 374 g/mol. The zero-order chi connectivity index (χ0) is 20.1. The molecule has 8 rings (SSSR count). The molecule has 0 spiro atoms. The van der Waals surface area contributed by atoms with Crippen LogP contribution in [0.5, 0.6) is 0 Å². The fraction of sp³-hybridized carbons (Fsp3) is 0. The molecule has 0 bridgehead atoms. The molecule has 0 atom stereocenters. The summed E-state index contributed by atoms with van der Waals surface area (Å²) >= 11 is 0. The molecule has 1 nitrogen and oxygen atoms in total. The molecule has 1 aromatic heterocycles. The van der Waals surface area contributed by atoms with E-state index in [0.717, 1.165) is 0 Å². The van der Waals surface area contributed by atoms with Gasteiger partial charge in [-0.2, -0.15) is 0 Å². The maximum atomic E-state index is 2.51. The first-order valence-electron chi connectivity index (χ1n) is 10.8. The van der Waals surface area contributed by atoms with Gasteiger partial charge in [-0.25, -0.2) is 0 Å². The van der Waals surface area contributed by atoms with Crippen molar-refractivity contribution in [2.75, 3.05) is 0 Å². The molecular formula is C30H17N. The monoisotopic (exact) mass is 391 g/mol. The van der Waals surface area contributed by atoms with Gasteiger partial charge in [-0.3, -0.25) is 0 Å². The van der Waals surface area contributed by atoms with Crippen molar-refractivity contribution < 1.29 is 0 Å². The Morgan fingerprint density at radius 1 is 0.355 bits per heavy atom. The minimum absolute atomic E-state index is 1.22. The quantitative estimate of drug-likeness (QED) is 0.265. The number of hydrogen-bond donors (Lipinski definition) is 0. The summed E-state index contributed by atoms with van der Waals surface area (Å²) < 4.78 is 2.51. The van der Waals surface area contributed by atoms with E-state index in [2.05, 4.69) is 108 Å². The summed E-state index contributed by atoms with van der Waals surface area (Å²) in [7, 11) is 0. The Bertz CT molecular complexity index is 1790. The standard InChI is InChI=1S/C30H17N/c1-2-12-20(13-3-1)31-29-23-16-6-10-18-8-4-14-21(25(18)23)27(29)28-22-15-5-9-19-11-7-17-24(26(19)22)30(28)31/h1-17H. The molecule has 7 aromatic carbocycles. The van der Waals surface area contributed by atoms with E-state index in [1.807, 2.05) is 0 Å². The second-order valence-corrected chi connectivity index (χ2v) is 8.54. The molecule has 0 aliphatic heterocycles. The Labute approximate surface area is 178 Å². The number of para-hydroxylation sites is 1. The molecule has 0 saturated carbocycles. The third kappa shape index (κ3) is 1.75. The van der Waals surface area contributed by atoms with Crippen LogP contribution in [0.3, 0.4) is 0 Å². The van der Waals surface area contributed by atoms with E-state index >= 15 is 0 Å². The van der Waals surface area contributed by atoms with Crippen molar-refractivity contribution in [3.63, 3.8) is 0 Å². The molecule has 142 valence electrons. The lowest BCUT2D eigenvalue weighted by atomic mass is 10.1. The summed E-state index contributed by atoms with van der Waals surface area (Å²) in [4.78, 5) is 0. The van der Waals surface area contributed by atoms with Gasteiger partial charge in [-0.05, 0) is 44.5 Å². The highest BCUT2D eigenvalue weighted by atomic mass is 15.0. The zero-order valence-electron chi connectivity index (χ0n) is 16.8. The second-order valence-electron chi connectivity index (χ2n) is 8.54. The van der Waals surface area contributed by atoms with Crippen LogP contribution >= 0.6 is 0 Å². The first-order valence-corrected chi connectivity index (χ1v) is 10.8. The average molecular weight is 391 g/mol. The van der Waals surface area contributed by atoms with Crippen molar-refractivity contribution in [1.82, 2.24) is 4.57 Å². The van der Waals surface area contributed by atoms with E-state index in [1.54, 1.807) is 0 Å². The van der Waals surface area contributed by atoms with E-state index < -0.39 is 0 Å². The number of fused-ring (bicyclic) bond motifs is 7. The van der Waals surface area contributed by atoms with Crippen LogP contribution in [0.4, 0.5) is 0 Å². The normalized spacial score (nSPS) is 12.5. The van der Waals surface area contributed by atoms with Crippen molar-refractivity contribution >= 4 is 64.9 Å². The first kappa shape index (κ1) is 15.7. The fourth-order valence-electron chi connectivity index (χ4n) is 5.94. The van der Waals surface area contributed by atoms with Crippen molar-refractivity contribution in [3.8, 4) is 5.69 Å². The maximum absolute atomic E-state index is 2.51. The van der Waals surface area contributed by atoms with Gasteiger partial charge in [0.2, 0.25) is 0 Å². The molecule has 1 heteroatoms. The van der Waals surface area contributed by atoms with Crippen molar-refractivity contribution in [3.05, 3.63) is 103 Å². The van der Waals surface area contributed by atoms with Gasteiger partial charge < -0.3 is 4.57 Å². The van der Waals surface area contributed by atoms with Crippen LogP contribution in [0, 0.1) is 0 Å². The summed E-state index contributed by atoms with van der Waals surface area (Å²) in [6.45, 7) is 0. The molecule has 0 fully saturated rings. The summed E-state index contributed by atoms with van der Waals surface area (Å²) in [5.74, 6) is 0. The topological polar surface area (TPSA) is 4.93 Å². The maximum Gasteiger partial charge on any atom is 0.0626 e. The van der Waals surface area contributed by atoms with Crippen LogP contribution in [0.1, 0.15) is 0 Å². The van der Waals surface area contributed by atoms with Crippen LogP contribution in [0.15, 0.2) is 103 Å². The summed E-state index contributed by atoms with van der Waals surface area (Å²) in [5, 5.41) is 13.6. The number of rotatable bonds is 1. The molecule has 0 amide bonds. The smallest absolute Gasteiger partial charge is 0.0626 e. The van der Waals surface area contributed by atoms with Gasteiger partial charge in [0, 0.05) is 27.2 Å². The number of aromatic nitrogens is 1. The minimum Gasteiger partial charge on any atom is -0.308 e. The highest BCUT2D eigenvalue weighted by molar-refractivity contribution is 6.44. The van der Waals surface area contributed by atoms with Gasteiger partial charge in [-0.15, -0.1) is 0 Å². The van der Waals surface area contributed by atoms with Crippen molar-refractivity contribution in [1.29, 1.82) is 0 Å². The largest absolute Gasteiger partial charge is 0.308 e. The Kier molecular flexibility index (Phi) is 2.70. The van der Waals surface area contributed by atoms with Gasteiger partial charge in [0.25, 0.3) is 0 Å². The van der Waals surface area contributed by atoms with Crippen LogP contribution in [0.25, 0.3) is 70.6 Å². The Balaban J connectivity index is 1.81. The van der Waals surface area contributed by atoms with Gasteiger partial charge >= 0.3 is 0 Å². The molecule has 0 aliphatic carbocycles. The van der Waals surface area contributed by atoms with E-state index in [1.165, 1.54) is 70.6 Å². The van der Waals surface area contributed by atoms with Gasteiger partial charge in [0.05, 0.1) is 11.0 Å². The van der Waals surface area contributed by atoms with Crippen LogP contribution < -0.4 is 0 Å². The molecule has 8 aromatic rings. The molecule has 0 N–H and O–H groups in total. The zero-order valence-corrected chi connectivity index (χ0v) is 16.8. The number of hydrogen-bond acceptors (Lipinski definition) is 0. The van der Waals surface area contributed by atoms with Gasteiger partial charge in [0.15, 0.2) is 0 Å². The average Bonchev–Trinajstić information content (AvgIpc) is 3.44. The number of nitrogens with zero attached hydrogens (tertiary/aromatic N) is 1. The molecule has 31 heavy (non-hydrogen) atoms. The number of benzene rings is 5. The lowest BCUT2D eigenvalue weighted by Crippen LogP contribution is -1.92. The summed E-state index contributed by atoms with van der Waals surface area (Å²) in [6.07, 6.45) is 0. The highest BCUT2D eigenvalue weighted by Gasteiger charge is 2.25. The SMILES string of the molecule is c1ccc(-n2c3c4cccc5cccc(c54)c3c3c4cccc5cccc(c54)c32)cc1.